The standard InChI is InChI=1S/C10H7BrCl3NO3S/c11-10-7(12)1-5(2-8(10)13)15-4-6(3-9(15)16)19(14,17)18/h1-2,6H,3-4H2. The Morgan fingerprint density at radius 1 is 1.26 bits per heavy atom. The number of benzene rings is 1. The monoisotopic (exact) mass is 405 g/mol. The lowest BCUT2D eigenvalue weighted by Gasteiger charge is -2.17. The van der Waals surface area contributed by atoms with E-state index >= 15 is 0 Å². The molecule has 104 valence electrons. The predicted octanol–water partition coefficient (Wildman–Crippen LogP) is 3.43. The van der Waals surface area contributed by atoms with Gasteiger partial charge in [0, 0.05) is 29.3 Å². The molecule has 4 nitrogen and oxygen atoms in total. The van der Waals surface area contributed by atoms with Gasteiger partial charge in [0.05, 0.1) is 14.5 Å². The fourth-order valence-corrected chi connectivity index (χ4v) is 3.54. The summed E-state index contributed by atoms with van der Waals surface area (Å²) in [5.74, 6) is -0.330. The molecule has 1 aromatic carbocycles. The van der Waals surface area contributed by atoms with Gasteiger partial charge in [0.15, 0.2) is 0 Å². The number of hydrogen-bond acceptors (Lipinski definition) is 3. The normalized spacial score (nSPS) is 20.1. The van der Waals surface area contributed by atoms with Gasteiger partial charge in [0.2, 0.25) is 15.0 Å². The predicted molar refractivity (Wildman–Crippen MR) is 79.7 cm³/mol. The summed E-state index contributed by atoms with van der Waals surface area (Å²) >= 11 is 15.1. The molecule has 9 heteroatoms. The molecule has 1 heterocycles. The van der Waals surface area contributed by atoms with Crippen LogP contribution in [0.4, 0.5) is 5.69 Å². The molecule has 1 amide bonds. The molecule has 0 aromatic heterocycles. The van der Waals surface area contributed by atoms with Crippen molar-refractivity contribution in [1.82, 2.24) is 0 Å². The van der Waals surface area contributed by atoms with Gasteiger partial charge in [-0.05, 0) is 28.1 Å². The Morgan fingerprint density at radius 3 is 2.21 bits per heavy atom. The molecule has 0 saturated carbocycles. The quantitative estimate of drug-likeness (QED) is 0.558. The number of carbonyl (C=O) groups excluding carboxylic acids is 1. The van der Waals surface area contributed by atoms with E-state index in [0.29, 0.717) is 20.2 Å². The molecule has 0 N–H and O–H groups in total. The van der Waals surface area contributed by atoms with E-state index in [0.717, 1.165) is 0 Å². The molecule has 1 aromatic rings. The summed E-state index contributed by atoms with van der Waals surface area (Å²) < 4.78 is 23.1. The second-order valence-electron chi connectivity index (χ2n) is 4.03. The Bertz CT molecular complexity index is 626. The summed E-state index contributed by atoms with van der Waals surface area (Å²) in [7, 11) is 1.51. The van der Waals surface area contributed by atoms with E-state index in [1.165, 1.54) is 4.90 Å². The molecule has 1 atom stereocenters. The van der Waals surface area contributed by atoms with Crippen molar-refractivity contribution >= 4 is 70.5 Å². The maximum Gasteiger partial charge on any atom is 0.237 e. The van der Waals surface area contributed by atoms with Crippen LogP contribution in [-0.2, 0) is 13.8 Å². The van der Waals surface area contributed by atoms with Crippen LogP contribution in [0.3, 0.4) is 0 Å². The summed E-state index contributed by atoms with van der Waals surface area (Å²) in [4.78, 5) is 13.2. The zero-order chi connectivity index (χ0) is 14.4. The summed E-state index contributed by atoms with van der Waals surface area (Å²) in [6.45, 7) is -0.00103. The second-order valence-corrected chi connectivity index (χ2v) is 8.55. The third-order valence-electron chi connectivity index (χ3n) is 2.77. The van der Waals surface area contributed by atoms with E-state index in [-0.39, 0.29) is 18.9 Å². The van der Waals surface area contributed by atoms with E-state index in [1.807, 2.05) is 0 Å². The molecule has 1 aliphatic rings. The average molecular weight is 408 g/mol. The molecule has 1 aliphatic heterocycles. The van der Waals surface area contributed by atoms with Gasteiger partial charge in [-0.2, -0.15) is 0 Å². The first-order chi connectivity index (χ1) is 8.70. The fraction of sp³-hybridized carbons (Fsp3) is 0.300. The average Bonchev–Trinajstić information content (AvgIpc) is 2.67. The van der Waals surface area contributed by atoms with Crippen LogP contribution < -0.4 is 4.90 Å². The Morgan fingerprint density at radius 2 is 1.79 bits per heavy atom. The first-order valence-corrected chi connectivity index (χ1v) is 9.00. The van der Waals surface area contributed by atoms with Crippen LogP contribution in [0.15, 0.2) is 16.6 Å². The van der Waals surface area contributed by atoms with Gasteiger partial charge >= 0.3 is 0 Å². The number of amides is 1. The van der Waals surface area contributed by atoms with Crippen molar-refractivity contribution < 1.29 is 13.2 Å². The van der Waals surface area contributed by atoms with Gasteiger partial charge in [-0.25, -0.2) is 8.42 Å². The first kappa shape index (κ1) is 15.4. The summed E-state index contributed by atoms with van der Waals surface area (Å²) in [6.07, 6.45) is -0.142. The lowest BCUT2D eigenvalue weighted by atomic mass is 10.3. The Hall–Kier alpha value is -0.0100. The molecule has 1 fully saturated rings. The third kappa shape index (κ3) is 3.19. The molecular formula is C10H7BrCl3NO3S. The van der Waals surface area contributed by atoms with Crippen LogP contribution in [-0.4, -0.2) is 26.1 Å². The highest BCUT2D eigenvalue weighted by Crippen LogP contribution is 2.36. The Labute approximate surface area is 133 Å². The maximum absolute atomic E-state index is 11.8. The van der Waals surface area contributed by atoms with Crippen LogP contribution in [0.5, 0.6) is 0 Å². The van der Waals surface area contributed by atoms with E-state index in [1.54, 1.807) is 12.1 Å². The number of halogens is 4. The van der Waals surface area contributed by atoms with Crippen LogP contribution in [0.25, 0.3) is 0 Å². The molecule has 19 heavy (non-hydrogen) atoms. The topological polar surface area (TPSA) is 54.5 Å². The van der Waals surface area contributed by atoms with E-state index in [9.17, 15) is 13.2 Å². The van der Waals surface area contributed by atoms with Gasteiger partial charge in [-0.15, -0.1) is 0 Å². The number of anilines is 1. The van der Waals surface area contributed by atoms with Crippen molar-refractivity contribution in [2.75, 3.05) is 11.4 Å². The lowest BCUT2D eigenvalue weighted by molar-refractivity contribution is -0.117. The Balaban J connectivity index is 2.36. The van der Waals surface area contributed by atoms with E-state index < -0.39 is 14.3 Å². The second kappa shape index (κ2) is 5.41. The first-order valence-electron chi connectivity index (χ1n) is 5.08. The van der Waals surface area contributed by atoms with Gasteiger partial charge in [-0.1, -0.05) is 23.2 Å². The number of carbonyl (C=O) groups is 1. The highest BCUT2D eigenvalue weighted by atomic mass is 79.9. The van der Waals surface area contributed by atoms with Crippen LogP contribution in [0, 0.1) is 0 Å². The summed E-state index contributed by atoms with van der Waals surface area (Å²) in [6, 6.07) is 3.08. The van der Waals surface area contributed by atoms with E-state index in [2.05, 4.69) is 15.9 Å². The molecule has 1 unspecified atom stereocenters. The maximum atomic E-state index is 11.8. The number of hydrogen-bond donors (Lipinski definition) is 0. The van der Waals surface area contributed by atoms with Crippen molar-refractivity contribution in [3.8, 4) is 0 Å². The molecular weight excluding hydrogens is 400 g/mol. The van der Waals surface area contributed by atoms with Crippen LogP contribution in [0.1, 0.15) is 6.42 Å². The van der Waals surface area contributed by atoms with Gasteiger partial charge in [-0.3, -0.25) is 4.79 Å². The molecule has 0 aliphatic carbocycles. The highest BCUT2D eigenvalue weighted by molar-refractivity contribution is 9.10. The molecule has 1 saturated heterocycles. The van der Waals surface area contributed by atoms with Crippen molar-refractivity contribution in [2.45, 2.75) is 11.7 Å². The van der Waals surface area contributed by atoms with Crippen molar-refractivity contribution in [3.05, 3.63) is 26.7 Å². The number of rotatable bonds is 2. The minimum atomic E-state index is -3.77. The Kier molecular flexibility index (Phi) is 4.38. The smallest absolute Gasteiger partial charge is 0.237 e. The SMILES string of the molecule is O=C1CC(S(=O)(=O)Cl)CN1c1cc(Cl)c(Br)c(Cl)c1. The van der Waals surface area contributed by atoms with Crippen LogP contribution in [0.2, 0.25) is 10.0 Å². The van der Waals surface area contributed by atoms with Crippen molar-refractivity contribution in [3.63, 3.8) is 0 Å². The minimum absolute atomic E-state index is 0.00103. The molecule has 0 spiro atoms. The van der Waals surface area contributed by atoms with Crippen molar-refractivity contribution in [2.24, 2.45) is 0 Å². The lowest BCUT2D eigenvalue weighted by Crippen LogP contribution is -2.26. The van der Waals surface area contributed by atoms with Gasteiger partial charge in [0.1, 0.15) is 5.25 Å². The highest BCUT2D eigenvalue weighted by Gasteiger charge is 2.38. The van der Waals surface area contributed by atoms with Crippen LogP contribution >= 0.6 is 49.8 Å². The molecule has 0 bridgehead atoms. The minimum Gasteiger partial charge on any atom is -0.311 e. The zero-order valence-electron chi connectivity index (χ0n) is 9.24. The third-order valence-corrected chi connectivity index (χ3v) is 6.54. The van der Waals surface area contributed by atoms with E-state index in [4.69, 9.17) is 33.9 Å². The molecule has 0 radical (unpaired) electrons. The fourth-order valence-electron chi connectivity index (χ4n) is 1.81. The van der Waals surface area contributed by atoms with Gasteiger partial charge in [0.25, 0.3) is 0 Å². The number of nitrogens with zero attached hydrogens (tertiary/aromatic N) is 1. The molecule has 2 rings (SSSR count). The largest absolute Gasteiger partial charge is 0.311 e. The van der Waals surface area contributed by atoms with Gasteiger partial charge < -0.3 is 4.90 Å². The zero-order valence-corrected chi connectivity index (χ0v) is 13.9. The summed E-state index contributed by atoms with van der Waals surface area (Å²) in [5.41, 5.74) is 0.450. The van der Waals surface area contributed by atoms with Crippen molar-refractivity contribution in [1.29, 1.82) is 0 Å². The summed E-state index contributed by atoms with van der Waals surface area (Å²) in [5, 5.41) is -0.233.